The first-order valence-electron chi connectivity index (χ1n) is 5.58. The second kappa shape index (κ2) is 4.91. The van der Waals surface area contributed by atoms with Gasteiger partial charge in [-0.2, -0.15) is 0 Å². The van der Waals surface area contributed by atoms with Gasteiger partial charge in [0.25, 0.3) is 0 Å². The summed E-state index contributed by atoms with van der Waals surface area (Å²) in [6.07, 6.45) is 8.12. The van der Waals surface area contributed by atoms with Gasteiger partial charge in [-0.05, 0) is 18.6 Å². The number of ketones is 1. The molecule has 2 aromatic rings. The van der Waals surface area contributed by atoms with Crippen molar-refractivity contribution in [2.45, 2.75) is 19.8 Å². The van der Waals surface area contributed by atoms with Crippen molar-refractivity contribution in [3.05, 3.63) is 47.8 Å². The molecule has 0 aliphatic heterocycles. The number of pyridine rings is 1. The molecule has 0 aromatic carbocycles. The van der Waals surface area contributed by atoms with E-state index < -0.39 is 0 Å². The van der Waals surface area contributed by atoms with E-state index in [0.29, 0.717) is 18.4 Å². The molecular weight excluding hydrogens is 214 g/mol. The van der Waals surface area contributed by atoms with E-state index in [-0.39, 0.29) is 5.78 Å². The highest BCUT2D eigenvalue weighted by atomic mass is 16.1. The fraction of sp³-hybridized carbons (Fsp3) is 0.308. The van der Waals surface area contributed by atoms with Crippen LogP contribution in [-0.2, 0) is 13.5 Å². The van der Waals surface area contributed by atoms with Crippen molar-refractivity contribution in [2.24, 2.45) is 7.05 Å². The molecule has 0 unspecified atom stereocenters. The third-order valence-corrected chi connectivity index (χ3v) is 2.69. The maximum absolute atomic E-state index is 11.9. The smallest absolute Gasteiger partial charge is 0.164 e. The first-order valence-corrected chi connectivity index (χ1v) is 5.58. The maximum Gasteiger partial charge on any atom is 0.164 e. The van der Waals surface area contributed by atoms with Crippen LogP contribution in [0, 0.1) is 6.92 Å². The number of imidazole rings is 1. The highest BCUT2D eigenvalue weighted by Gasteiger charge is 2.08. The van der Waals surface area contributed by atoms with Crippen LogP contribution in [0.15, 0.2) is 30.9 Å². The van der Waals surface area contributed by atoms with Gasteiger partial charge in [0.05, 0.1) is 0 Å². The van der Waals surface area contributed by atoms with E-state index in [1.165, 1.54) is 0 Å². The summed E-state index contributed by atoms with van der Waals surface area (Å²) in [4.78, 5) is 20.1. The average Bonchev–Trinajstić information content (AvgIpc) is 2.72. The molecule has 0 aliphatic rings. The lowest BCUT2D eigenvalue weighted by Gasteiger charge is -2.02. The van der Waals surface area contributed by atoms with Crippen LogP contribution in [0.25, 0.3) is 0 Å². The molecule has 88 valence electrons. The standard InChI is InChI=1S/C13H15N3O/c1-10-7-11(9-14-8-10)12(17)3-4-13-15-5-6-16(13)2/h5-9H,3-4H2,1-2H3. The zero-order valence-electron chi connectivity index (χ0n) is 10.1. The quantitative estimate of drug-likeness (QED) is 0.753. The molecule has 2 heterocycles. The lowest BCUT2D eigenvalue weighted by Crippen LogP contribution is -2.05. The largest absolute Gasteiger partial charge is 0.338 e. The molecule has 2 rings (SSSR count). The van der Waals surface area contributed by atoms with Gasteiger partial charge in [0.2, 0.25) is 0 Å². The van der Waals surface area contributed by atoms with E-state index in [2.05, 4.69) is 9.97 Å². The highest BCUT2D eigenvalue weighted by molar-refractivity contribution is 5.95. The SMILES string of the molecule is Cc1cncc(C(=O)CCc2nccn2C)c1. The van der Waals surface area contributed by atoms with Crippen LogP contribution < -0.4 is 0 Å². The molecule has 0 atom stereocenters. The maximum atomic E-state index is 11.9. The zero-order valence-corrected chi connectivity index (χ0v) is 10.1. The summed E-state index contributed by atoms with van der Waals surface area (Å²) in [5.41, 5.74) is 1.69. The van der Waals surface area contributed by atoms with Crippen molar-refractivity contribution in [1.29, 1.82) is 0 Å². The van der Waals surface area contributed by atoms with Crippen molar-refractivity contribution in [2.75, 3.05) is 0 Å². The summed E-state index contributed by atoms with van der Waals surface area (Å²) in [6, 6.07) is 1.87. The Morgan fingerprint density at radius 3 is 2.88 bits per heavy atom. The second-order valence-electron chi connectivity index (χ2n) is 4.13. The molecule has 0 aliphatic carbocycles. The van der Waals surface area contributed by atoms with Crippen molar-refractivity contribution in [3.63, 3.8) is 0 Å². The summed E-state index contributed by atoms with van der Waals surface area (Å²) < 4.78 is 1.93. The second-order valence-corrected chi connectivity index (χ2v) is 4.13. The first kappa shape index (κ1) is 11.5. The summed E-state index contributed by atoms with van der Waals surface area (Å²) in [7, 11) is 1.93. The topological polar surface area (TPSA) is 47.8 Å². The summed E-state index contributed by atoms with van der Waals surface area (Å²) in [6.45, 7) is 1.93. The summed E-state index contributed by atoms with van der Waals surface area (Å²) >= 11 is 0. The van der Waals surface area contributed by atoms with Gasteiger partial charge in [0.1, 0.15) is 5.82 Å². The molecule has 2 aromatic heterocycles. The highest BCUT2D eigenvalue weighted by Crippen LogP contribution is 2.07. The lowest BCUT2D eigenvalue weighted by atomic mass is 10.1. The minimum Gasteiger partial charge on any atom is -0.338 e. The molecule has 0 saturated carbocycles. The number of carbonyl (C=O) groups excluding carboxylic acids is 1. The number of aromatic nitrogens is 3. The summed E-state index contributed by atoms with van der Waals surface area (Å²) in [5, 5.41) is 0. The number of hydrogen-bond donors (Lipinski definition) is 0. The number of rotatable bonds is 4. The van der Waals surface area contributed by atoms with Crippen LogP contribution in [0.1, 0.15) is 28.2 Å². The Labute approximate surface area is 100 Å². The van der Waals surface area contributed by atoms with Gasteiger partial charge in [-0.3, -0.25) is 9.78 Å². The fourth-order valence-electron chi connectivity index (χ4n) is 1.71. The summed E-state index contributed by atoms with van der Waals surface area (Å²) in [5.74, 6) is 1.04. The molecule has 4 nitrogen and oxygen atoms in total. The first-order chi connectivity index (χ1) is 8.16. The van der Waals surface area contributed by atoms with E-state index in [1.54, 1.807) is 18.6 Å². The third kappa shape index (κ3) is 2.78. The minimum atomic E-state index is 0.115. The van der Waals surface area contributed by atoms with Gasteiger partial charge in [-0.25, -0.2) is 4.98 Å². The normalized spacial score (nSPS) is 10.5. The number of aryl methyl sites for hydroxylation is 3. The number of carbonyl (C=O) groups is 1. The van der Waals surface area contributed by atoms with Crippen LogP contribution in [0.3, 0.4) is 0 Å². The molecule has 0 fully saturated rings. The zero-order chi connectivity index (χ0) is 12.3. The van der Waals surface area contributed by atoms with Gasteiger partial charge in [-0.15, -0.1) is 0 Å². The van der Waals surface area contributed by atoms with E-state index in [4.69, 9.17) is 0 Å². The van der Waals surface area contributed by atoms with Crippen molar-refractivity contribution in [3.8, 4) is 0 Å². The molecule has 4 heteroatoms. The number of Topliss-reactive ketones (excluding diaryl/α,β-unsaturated/α-hetero) is 1. The van der Waals surface area contributed by atoms with Crippen molar-refractivity contribution < 1.29 is 4.79 Å². The average molecular weight is 229 g/mol. The molecule has 17 heavy (non-hydrogen) atoms. The van der Waals surface area contributed by atoms with Crippen LogP contribution in [0.2, 0.25) is 0 Å². The minimum absolute atomic E-state index is 0.115. The van der Waals surface area contributed by atoms with E-state index >= 15 is 0 Å². The Kier molecular flexibility index (Phi) is 3.32. The van der Waals surface area contributed by atoms with Gasteiger partial charge in [0, 0.05) is 50.2 Å². The Morgan fingerprint density at radius 2 is 2.24 bits per heavy atom. The predicted octanol–water partition coefficient (Wildman–Crippen LogP) is 1.94. The Hall–Kier alpha value is -1.97. The molecule has 0 radical (unpaired) electrons. The predicted molar refractivity (Wildman–Crippen MR) is 64.8 cm³/mol. The van der Waals surface area contributed by atoms with Crippen LogP contribution in [-0.4, -0.2) is 20.3 Å². The lowest BCUT2D eigenvalue weighted by molar-refractivity contribution is 0.0981. The number of hydrogen-bond acceptors (Lipinski definition) is 3. The molecule has 0 bridgehead atoms. The molecule has 0 N–H and O–H groups in total. The molecule has 0 spiro atoms. The molecular formula is C13H15N3O. The van der Waals surface area contributed by atoms with Gasteiger partial charge in [0.15, 0.2) is 5.78 Å². The number of nitrogens with zero attached hydrogens (tertiary/aromatic N) is 3. The van der Waals surface area contributed by atoms with Crippen molar-refractivity contribution in [1.82, 2.24) is 14.5 Å². The van der Waals surface area contributed by atoms with Crippen LogP contribution >= 0.6 is 0 Å². The van der Waals surface area contributed by atoms with Gasteiger partial charge >= 0.3 is 0 Å². The Balaban J connectivity index is 2.01. The van der Waals surface area contributed by atoms with E-state index in [9.17, 15) is 4.79 Å². The van der Waals surface area contributed by atoms with Crippen LogP contribution in [0.4, 0.5) is 0 Å². The van der Waals surface area contributed by atoms with Crippen LogP contribution in [0.5, 0.6) is 0 Å². The Morgan fingerprint density at radius 1 is 1.41 bits per heavy atom. The van der Waals surface area contributed by atoms with Gasteiger partial charge < -0.3 is 4.57 Å². The third-order valence-electron chi connectivity index (χ3n) is 2.69. The van der Waals surface area contributed by atoms with Gasteiger partial charge in [-0.1, -0.05) is 0 Å². The molecule has 0 amide bonds. The Bertz CT molecular complexity index is 531. The molecule has 0 saturated heterocycles. The fourth-order valence-corrected chi connectivity index (χ4v) is 1.71. The van der Waals surface area contributed by atoms with E-state index in [0.717, 1.165) is 11.4 Å². The van der Waals surface area contributed by atoms with Crippen molar-refractivity contribution >= 4 is 5.78 Å². The monoisotopic (exact) mass is 229 g/mol. The van der Waals surface area contributed by atoms with E-state index in [1.807, 2.05) is 30.8 Å².